The van der Waals surface area contributed by atoms with E-state index in [4.69, 9.17) is 9.26 Å². The number of ether oxygens (including phenoxy) is 1. The summed E-state index contributed by atoms with van der Waals surface area (Å²) < 4.78 is 12.0. The van der Waals surface area contributed by atoms with Crippen LogP contribution >= 0.6 is 15.9 Å². The Morgan fingerprint density at radius 1 is 1.17 bits per heavy atom. The molecule has 0 radical (unpaired) electrons. The van der Waals surface area contributed by atoms with Crippen molar-refractivity contribution in [2.75, 3.05) is 13.1 Å². The van der Waals surface area contributed by atoms with Crippen LogP contribution in [-0.2, 0) is 6.61 Å². The molecule has 0 saturated heterocycles. The number of hydrogen-bond donors (Lipinski definition) is 0. The van der Waals surface area contributed by atoms with Crippen LogP contribution in [0.5, 0.6) is 5.88 Å². The Morgan fingerprint density at radius 2 is 1.83 bits per heavy atom. The van der Waals surface area contributed by atoms with Crippen molar-refractivity contribution in [2.45, 2.75) is 12.6 Å². The molecule has 0 bridgehead atoms. The first-order valence-corrected chi connectivity index (χ1v) is 8.40. The second kappa shape index (κ2) is 9.25. The Kier molecular flexibility index (Phi) is 7.03. The van der Waals surface area contributed by atoms with Crippen molar-refractivity contribution in [1.29, 1.82) is 0 Å². The van der Waals surface area contributed by atoms with Crippen molar-refractivity contribution >= 4 is 15.9 Å². The van der Waals surface area contributed by atoms with E-state index in [0.717, 1.165) is 5.56 Å². The standard InChI is InChI=1S/C19H21BrN2O2/c1-4-12-22(13-5-2)16(6-3)18-17(20)19(21-24-18)23-14-15-10-8-7-9-11-15/h4-11,16H,1-3,12-14H2/t16-/m0/s1. The molecule has 126 valence electrons. The lowest BCUT2D eigenvalue weighted by Crippen LogP contribution is -2.28. The second-order valence-corrected chi connectivity index (χ2v) is 5.95. The quantitative estimate of drug-likeness (QED) is 0.541. The fourth-order valence-corrected chi connectivity index (χ4v) is 2.82. The van der Waals surface area contributed by atoms with Gasteiger partial charge < -0.3 is 9.26 Å². The molecule has 2 aromatic rings. The van der Waals surface area contributed by atoms with Gasteiger partial charge >= 0.3 is 0 Å². The molecule has 4 nitrogen and oxygen atoms in total. The molecule has 0 saturated carbocycles. The van der Waals surface area contributed by atoms with Gasteiger partial charge in [-0.2, -0.15) is 0 Å². The highest BCUT2D eigenvalue weighted by molar-refractivity contribution is 9.10. The Bertz CT molecular complexity index is 672. The van der Waals surface area contributed by atoms with Crippen LogP contribution in [-0.4, -0.2) is 23.1 Å². The Balaban J connectivity index is 2.15. The molecule has 1 aromatic carbocycles. The summed E-state index contributed by atoms with van der Waals surface area (Å²) in [6, 6.07) is 9.75. The van der Waals surface area contributed by atoms with Gasteiger partial charge in [0.1, 0.15) is 11.1 Å². The average Bonchev–Trinajstić information content (AvgIpc) is 2.96. The van der Waals surface area contributed by atoms with Gasteiger partial charge in [0.25, 0.3) is 5.88 Å². The van der Waals surface area contributed by atoms with E-state index >= 15 is 0 Å². The number of aromatic nitrogens is 1. The maximum Gasteiger partial charge on any atom is 0.269 e. The summed E-state index contributed by atoms with van der Waals surface area (Å²) in [5.74, 6) is 1.08. The first-order valence-electron chi connectivity index (χ1n) is 7.61. The molecule has 0 aliphatic rings. The summed E-state index contributed by atoms with van der Waals surface area (Å²) in [4.78, 5) is 2.11. The van der Waals surface area contributed by atoms with Crippen molar-refractivity contribution in [1.82, 2.24) is 10.1 Å². The molecule has 2 rings (SSSR count). The van der Waals surface area contributed by atoms with Gasteiger partial charge in [0.2, 0.25) is 0 Å². The Hall–Kier alpha value is -2.11. The first-order chi connectivity index (χ1) is 11.7. The predicted octanol–water partition coefficient (Wildman–Crippen LogP) is 4.92. The minimum absolute atomic E-state index is 0.156. The molecule has 0 spiro atoms. The molecule has 0 aliphatic heterocycles. The van der Waals surface area contributed by atoms with Gasteiger partial charge in [-0.25, -0.2) is 0 Å². The zero-order chi connectivity index (χ0) is 17.4. The van der Waals surface area contributed by atoms with Crippen LogP contribution in [0.2, 0.25) is 0 Å². The summed E-state index contributed by atoms with van der Waals surface area (Å²) in [5.41, 5.74) is 1.06. The van der Waals surface area contributed by atoms with E-state index in [2.05, 4.69) is 45.7 Å². The average molecular weight is 389 g/mol. The minimum Gasteiger partial charge on any atom is -0.470 e. The number of rotatable bonds is 10. The zero-order valence-electron chi connectivity index (χ0n) is 13.5. The van der Waals surface area contributed by atoms with Gasteiger partial charge in [-0.15, -0.1) is 19.7 Å². The van der Waals surface area contributed by atoms with Crippen LogP contribution in [0.1, 0.15) is 17.4 Å². The van der Waals surface area contributed by atoms with Crippen LogP contribution in [0.25, 0.3) is 0 Å². The maximum absolute atomic E-state index is 5.75. The molecule has 5 heteroatoms. The molecule has 1 atom stereocenters. The summed E-state index contributed by atoms with van der Waals surface area (Å²) in [5, 5.41) is 4.03. The molecule has 0 fully saturated rings. The maximum atomic E-state index is 5.75. The van der Waals surface area contributed by atoms with E-state index in [1.807, 2.05) is 42.5 Å². The third-order valence-electron chi connectivity index (χ3n) is 3.46. The van der Waals surface area contributed by atoms with Crippen molar-refractivity contribution in [3.8, 4) is 5.88 Å². The Morgan fingerprint density at radius 3 is 2.42 bits per heavy atom. The zero-order valence-corrected chi connectivity index (χ0v) is 15.1. The van der Waals surface area contributed by atoms with Crippen molar-refractivity contribution in [2.24, 2.45) is 0 Å². The third-order valence-corrected chi connectivity index (χ3v) is 4.19. The van der Waals surface area contributed by atoms with Crippen molar-refractivity contribution in [3.63, 3.8) is 0 Å². The van der Waals surface area contributed by atoms with E-state index in [9.17, 15) is 0 Å². The highest BCUT2D eigenvalue weighted by atomic mass is 79.9. The molecule has 0 N–H and O–H groups in total. The number of hydrogen-bond acceptors (Lipinski definition) is 4. The summed E-state index contributed by atoms with van der Waals surface area (Å²) in [7, 11) is 0. The van der Waals surface area contributed by atoms with Crippen molar-refractivity contribution < 1.29 is 9.26 Å². The molecule has 1 heterocycles. The first kappa shape index (κ1) is 18.2. The lowest BCUT2D eigenvalue weighted by atomic mass is 10.2. The van der Waals surface area contributed by atoms with E-state index in [0.29, 0.717) is 35.8 Å². The van der Waals surface area contributed by atoms with Gasteiger partial charge in [-0.05, 0) is 26.7 Å². The van der Waals surface area contributed by atoms with Crippen LogP contribution in [0, 0.1) is 0 Å². The molecule has 0 aliphatic carbocycles. The molecular weight excluding hydrogens is 368 g/mol. The van der Waals surface area contributed by atoms with E-state index in [-0.39, 0.29) is 6.04 Å². The second-order valence-electron chi connectivity index (χ2n) is 5.15. The van der Waals surface area contributed by atoms with Gasteiger partial charge in [0, 0.05) is 13.1 Å². The normalized spacial score (nSPS) is 11.9. The molecule has 1 aromatic heterocycles. The SMILES string of the molecule is C=CCN(CC=C)[C@@H](C=C)c1onc(OCc2ccccc2)c1Br. The van der Waals surface area contributed by atoms with E-state index in [1.54, 1.807) is 6.08 Å². The highest BCUT2D eigenvalue weighted by Crippen LogP contribution is 2.35. The summed E-state index contributed by atoms with van der Waals surface area (Å²) in [6.45, 7) is 13.3. The lowest BCUT2D eigenvalue weighted by Gasteiger charge is -2.25. The van der Waals surface area contributed by atoms with Gasteiger partial charge in [0.15, 0.2) is 5.76 Å². The summed E-state index contributed by atoms with van der Waals surface area (Å²) >= 11 is 3.53. The van der Waals surface area contributed by atoms with Gasteiger partial charge in [-0.1, -0.05) is 48.6 Å². The monoisotopic (exact) mass is 388 g/mol. The minimum atomic E-state index is -0.156. The fourth-order valence-electron chi connectivity index (χ4n) is 2.33. The predicted molar refractivity (Wildman–Crippen MR) is 99.9 cm³/mol. The van der Waals surface area contributed by atoms with Gasteiger partial charge in [0.05, 0.1) is 6.04 Å². The van der Waals surface area contributed by atoms with Crippen molar-refractivity contribution in [3.05, 3.63) is 84.1 Å². The smallest absolute Gasteiger partial charge is 0.269 e. The lowest BCUT2D eigenvalue weighted by molar-refractivity contribution is 0.226. The van der Waals surface area contributed by atoms with E-state index < -0.39 is 0 Å². The van der Waals surface area contributed by atoms with E-state index in [1.165, 1.54) is 0 Å². The third kappa shape index (κ3) is 4.46. The molecule has 24 heavy (non-hydrogen) atoms. The number of halogens is 1. The highest BCUT2D eigenvalue weighted by Gasteiger charge is 2.25. The Labute approximate surface area is 151 Å². The fraction of sp³-hybridized carbons (Fsp3) is 0.211. The molecule has 0 unspecified atom stereocenters. The van der Waals surface area contributed by atoms with Crippen LogP contribution in [0.3, 0.4) is 0 Å². The largest absolute Gasteiger partial charge is 0.470 e. The molecule has 0 amide bonds. The van der Waals surface area contributed by atoms with Gasteiger partial charge in [-0.3, -0.25) is 4.90 Å². The van der Waals surface area contributed by atoms with Crippen LogP contribution in [0.15, 0.2) is 77.3 Å². The summed E-state index contributed by atoms with van der Waals surface area (Å²) in [6.07, 6.45) is 5.47. The molecular formula is C19H21BrN2O2. The number of nitrogens with zero attached hydrogens (tertiary/aromatic N) is 2. The topological polar surface area (TPSA) is 38.5 Å². The van der Waals surface area contributed by atoms with Crippen LogP contribution < -0.4 is 4.74 Å². The van der Waals surface area contributed by atoms with Crippen LogP contribution in [0.4, 0.5) is 0 Å². The number of benzene rings is 1.